The minimum Gasteiger partial charge on any atom is -0.358 e. The van der Waals surface area contributed by atoms with Gasteiger partial charge in [-0.15, -0.1) is 0 Å². The minimum absolute atomic E-state index is 0.176. The van der Waals surface area contributed by atoms with Crippen LogP contribution in [0.15, 0.2) is 48.5 Å². The number of hydrogen-bond donors (Lipinski definition) is 0. The van der Waals surface area contributed by atoms with Crippen molar-refractivity contribution < 1.29 is 4.79 Å². The van der Waals surface area contributed by atoms with Crippen molar-refractivity contribution in [3.63, 3.8) is 0 Å². The lowest BCUT2D eigenvalue weighted by molar-refractivity contribution is -0.129. The molecule has 0 aliphatic heterocycles. The van der Waals surface area contributed by atoms with Crippen LogP contribution < -0.4 is 4.90 Å². The maximum Gasteiger partial charge on any atom is 0.242 e. The molecule has 0 radical (unpaired) electrons. The average molecular weight is 324 g/mol. The molecule has 0 aromatic heterocycles. The number of carbonyl (C=O) groups is 1. The summed E-state index contributed by atoms with van der Waals surface area (Å²) in [4.78, 5) is 16.7. The molecular weight excluding hydrogens is 296 g/mol. The maximum atomic E-state index is 12.6. The zero-order valence-corrected chi connectivity index (χ0v) is 15.2. The fourth-order valence-corrected chi connectivity index (χ4v) is 3.02. The van der Waals surface area contributed by atoms with Crippen molar-refractivity contribution in [3.8, 4) is 0 Å². The second-order valence-electron chi connectivity index (χ2n) is 6.25. The molecule has 3 nitrogen and oxygen atoms in total. The summed E-state index contributed by atoms with van der Waals surface area (Å²) >= 11 is 0. The molecule has 0 spiro atoms. The normalized spacial score (nSPS) is 10.5. The molecule has 0 saturated heterocycles. The molecule has 0 saturated carbocycles. The summed E-state index contributed by atoms with van der Waals surface area (Å²) in [5.41, 5.74) is 4.76. The van der Waals surface area contributed by atoms with Crippen LogP contribution in [0.3, 0.4) is 0 Å². The third-order valence-electron chi connectivity index (χ3n) is 4.23. The van der Waals surface area contributed by atoms with E-state index in [4.69, 9.17) is 0 Å². The topological polar surface area (TPSA) is 23.6 Å². The largest absolute Gasteiger partial charge is 0.358 e. The first-order valence-corrected chi connectivity index (χ1v) is 8.68. The van der Waals surface area contributed by atoms with Crippen LogP contribution in [0, 0.1) is 13.8 Å². The fraction of sp³-hybridized carbons (Fsp3) is 0.381. The van der Waals surface area contributed by atoms with Crippen LogP contribution in [0.2, 0.25) is 0 Å². The van der Waals surface area contributed by atoms with Gasteiger partial charge in [0.25, 0.3) is 0 Å². The van der Waals surface area contributed by atoms with Gasteiger partial charge in [0.05, 0.1) is 6.54 Å². The van der Waals surface area contributed by atoms with E-state index in [0.717, 1.165) is 25.3 Å². The Hall–Kier alpha value is -2.29. The third kappa shape index (κ3) is 4.85. The first-order chi connectivity index (χ1) is 11.5. The van der Waals surface area contributed by atoms with Crippen molar-refractivity contribution in [2.24, 2.45) is 0 Å². The molecular formula is C21H28N2O. The molecule has 0 heterocycles. The summed E-state index contributed by atoms with van der Waals surface area (Å²) in [6, 6.07) is 16.8. The molecule has 0 bridgehead atoms. The number of hydrogen-bond acceptors (Lipinski definition) is 2. The minimum atomic E-state index is 0.176. The number of aryl methyl sites for hydroxylation is 2. The lowest BCUT2D eigenvalue weighted by Gasteiger charge is -2.28. The van der Waals surface area contributed by atoms with Gasteiger partial charge in [0.15, 0.2) is 0 Å². The van der Waals surface area contributed by atoms with Crippen molar-refractivity contribution in [3.05, 3.63) is 65.2 Å². The Morgan fingerprint density at radius 3 is 2.04 bits per heavy atom. The molecule has 0 aliphatic rings. The zero-order valence-electron chi connectivity index (χ0n) is 15.2. The summed E-state index contributed by atoms with van der Waals surface area (Å²) in [6.07, 6.45) is 0. The molecule has 24 heavy (non-hydrogen) atoms. The van der Waals surface area contributed by atoms with Crippen molar-refractivity contribution in [1.82, 2.24) is 4.90 Å². The molecule has 0 aliphatic carbocycles. The highest BCUT2D eigenvalue weighted by molar-refractivity contribution is 5.81. The van der Waals surface area contributed by atoms with Gasteiger partial charge >= 0.3 is 0 Å². The van der Waals surface area contributed by atoms with Crippen LogP contribution in [0.5, 0.6) is 0 Å². The molecule has 2 aromatic rings. The molecule has 3 heteroatoms. The van der Waals surface area contributed by atoms with Crippen molar-refractivity contribution in [1.29, 1.82) is 0 Å². The second-order valence-corrected chi connectivity index (χ2v) is 6.25. The van der Waals surface area contributed by atoms with Crippen LogP contribution in [-0.4, -0.2) is 30.4 Å². The Morgan fingerprint density at radius 2 is 1.50 bits per heavy atom. The first-order valence-electron chi connectivity index (χ1n) is 8.68. The monoisotopic (exact) mass is 324 g/mol. The summed E-state index contributed by atoms with van der Waals surface area (Å²) in [6.45, 7) is 10.9. The van der Waals surface area contributed by atoms with Crippen LogP contribution in [0.4, 0.5) is 5.69 Å². The predicted molar refractivity (Wildman–Crippen MR) is 101 cm³/mol. The Bertz CT molecular complexity index is 643. The summed E-state index contributed by atoms with van der Waals surface area (Å²) in [7, 11) is 0. The Morgan fingerprint density at radius 1 is 0.917 bits per heavy atom. The number of likely N-dealkylation sites (N-methyl/N-ethyl adjacent to an activating group) is 1. The molecule has 0 fully saturated rings. The van der Waals surface area contributed by atoms with E-state index in [2.05, 4.69) is 49.1 Å². The van der Waals surface area contributed by atoms with Crippen molar-refractivity contribution in [2.75, 3.05) is 24.5 Å². The fourth-order valence-electron chi connectivity index (χ4n) is 3.02. The SMILES string of the molecule is CCN(CC)C(=O)CN(Cc1ccccc1)c1cc(C)cc(C)c1. The van der Waals surface area contributed by atoms with E-state index in [0.29, 0.717) is 6.54 Å². The van der Waals surface area contributed by atoms with Crippen LogP contribution in [-0.2, 0) is 11.3 Å². The third-order valence-corrected chi connectivity index (χ3v) is 4.23. The quantitative estimate of drug-likeness (QED) is 0.763. The highest BCUT2D eigenvalue weighted by Crippen LogP contribution is 2.21. The van der Waals surface area contributed by atoms with Crippen molar-refractivity contribution >= 4 is 11.6 Å². The van der Waals surface area contributed by atoms with E-state index in [-0.39, 0.29) is 5.91 Å². The van der Waals surface area contributed by atoms with E-state index in [1.165, 1.54) is 16.7 Å². The Kier molecular flexibility index (Phi) is 6.42. The van der Waals surface area contributed by atoms with Gasteiger partial charge in [0.1, 0.15) is 0 Å². The summed E-state index contributed by atoms with van der Waals surface area (Å²) < 4.78 is 0. The molecule has 0 unspecified atom stereocenters. The van der Waals surface area contributed by atoms with E-state index < -0.39 is 0 Å². The van der Waals surface area contributed by atoms with Gasteiger partial charge in [-0.25, -0.2) is 0 Å². The Labute approximate surface area is 145 Å². The number of nitrogens with zero attached hydrogens (tertiary/aromatic N) is 2. The van der Waals surface area contributed by atoms with Gasteiger partial charge < -0.3 is 9.80 Å². The summed E-state index contributed by atoms with van der Waals surface area (Å²) in [5.74, 6) is 0.176. The van der Waals surface area contributed by atoms with Gasteiger partial charge in [-0.05, 0) is 56.5 Å². The highest BCUT2D eigenvalue weighted by Gasteiger charge is 2.16. The zero-order chi connectivity index (χ0) is 17.5. The lowest BCUT2D eigenvalue weighted by atomic mass is 10.1. The lowest BCUT2D eigenvalue weighted by Crippen LogP contribution is -2.40. The van der Waals surface area contributed by atoms with Crippen LogP contribution >= 0.6 is 0 Å². The smallest absolute Gasteiger partial charge is 0.242 e. The second kappa shape index (κ2) is 8.53. The number of benzene rings is 2. The van der Waals surface area contributed by atoms with Crippen LogP contribution in [0.1, 0.15) is 30.5 Å². The molecule has 128 valence electrons. The number of anilines is 1. The van der Waals surface area contributed by atoms with Gasteiger partial charge in [0.2, 0.25) is 5.91 Å². The van der Waals surface area contributed by atoms with E-state index >= 15 is 0 Å². The van der Waals surface area contributed by atoms with Gasteiger partial charge in [-0.1, -0.05) is 36.4 Å². The number of rotatable bonds is 7. The van der Waals surface area contributed by atoms with Gasteiger partial charge in [0, 0.05) is 25.3 Å². The maximum absolute atomic E-state index is 12.6. The molecule has 2 aromatic carbocycles. The highest BCUT2D eigenvalue weighted by atomic mass is 16.2. The standard InChI is InChI=1S/C21H28N2O/c1-5-22(6-2)21(24)16-23(15-19-10-8-7-9-11-19)20-13-17(3)12-18(4)14-20/h7-14H,5-6,15-16H2,1-4H3. The van der Waals surface area contributed by atoms with E-state index in [1.807, 2.05) is 36.9 Å². The molecule has 2 rings (SSSR count). The molecule has 1 amide bonds. The molecule has 0 N–H and O–H groups in total. The number of amides is 1. The number of carbonyl (C=O) groups excluding carboxylic acids is 1. The van der Waals surface area contributed by atoms with E-state index in [9.17, 15) is 4.79 Å². The van der Waals surface area contributed by atoms with Crippen LogP contribution in [0.25, 0.3) is 0 Å². The van der Waals surface area contributed by atoms with Gasteiger partial charge in [-0.3, -0.25) is 4.79 Å². The average Bonchev–Trinajstić information content (AvgIpc) is 2.55. The Balaban J connectivity index is 2.28. The predicted octanol–water partition coefficient (Wildman–Crippen LogP) is 4.18. The van der Waals surface area contributed by atoms with E-state index in [1.54, 1.807) is 0 Å². The van der Waals surface area contributed by atoms with Crippen molar-refractivity contribution in [2.45, 2.75) is 34.2 Å². The summed E-state index contributed by atoms with van der Waals surface area (Å²) in [5, 5.41) is 0. The molecule has 0 atom stereocenters. The van der Waals surface area contributed by atoms with Gasteiger partial charge in [-0.2, -0.15) is 0 Å². The first kappa shape index (κ1) is 18.1.